The summed E-state index contributed by atoms with van der Waals surface area (Å²) in [6.45, 7) is 1.40. The van der Waals surface area contributed by atoms with Gasteiger partial charge in [0.15, 0.2) is 5.82 Å². The molecule has 6 nitrogen and oxygen atoms in total. The Balaban J connectivity index is 1.85. The first kappa shape index (κ1) is 13.9. The Morgan fingerprint density at radius 1 is 1.38 bits per heavy atom. The standard InChI is InChI=1S/C14H15ClN4O2/c15-11-8-17-19(9-11)13-12(2-1-5-16-13)18-6-3-10(4-7-18)14(20)21/h1-2,5,8-10H,3-4,6-7H2,(H,20,21). The molecule has 3 heterocycles. The molecule has 21 heavy (non-hydrogen) atoms. The van der Waals surface area contributed by atoms with Gasteiger partial charge in [-0.05, 0) is 25.0 Å². The molecule has 0 atom stereocenters. The summed E-state index contributed by atoms with van der Waals surface area (Å²) < 4.78 is 1.64. The van der Waals surface area contributed by atoms with Crippen LogP contribution in [0.1, 0.15) is 12.8 Å². The summed E-state index contributed by atoms with van der Waals surface area (Å²) in [5, 5.41) is 13.8. The highest BCUT2D eigenvalue weighted by Gasteiger charge is 2.26. The van der Waals surface area contributed by atoms with Crippen molar-refractivity contribution in [2.24, 2.45) is 5.92 Å². The van der Waals surface area contributed by atoms with E-state index >= 15 is 0 Å². The zero-order valence-electron chi connectivity index (χ0n) is 11.3. The number of carboxylic acid groups (broad SMARTS) is 1. The molecule has 1 saturated heterocycles. The van der Waals surface area contributed by atoms with Crippen molar-refractivity contribution < 1.29 is 9.90 Å². The number of rotatable bonds is 3. The van der Waals surface area contributed by atoms with Crippen molar-refractivity contribution in [3.8, 4) is 5.82 Å². The van der Waals surface area contributed by atoms with Gasteiger partial charge in [-0.2, -0.15) is 5.10 Å². The fraction of sp³-hybridized carbons (Fsp3) is 0.357. The molecule has 0 amide bonds. The number of nitrogens with zero attached hydrogens (tertiary/aromatic N) is 4. The molecular formula is C14H15ClN4O2. The van der Waals surface area contributed by atoms with E-state index in [4.69, 9.17) is 16.7 Å². The number of hydrogen-bond acceptors (Lipinski definition) is 4. The van der Waals surface area contributed by atoms with Crippen LogP contribution in [0.15, 0.2) is 30.7 Å². The minimum Gasteiger partial charge on any atom is -0.481 e. The zero-order valence-corrected chi connectivity index (χ0v) is 12.1. The van der Waals surface area contributed by atoms with Crippen LogP contribution in [0.3, 0.4) is 0 Å². The number of aromatic nitrogens is 3. The van der Waals surface area contributed by atoms with E-state index < -0.39 is 5.97 Å². The summed E-state index contributed by atoms with van der Waals surface area (Å²) in [4.78, 5) is 17.6. The topological polar surface area (TPSA) is 71.2 Å². The highest BCUT2D eigenvalue weighted by Crippen LogP contribution is 2.27. The number of aliphatic carboxylic acids is 1. The van der Waals surface area contributed by atoms with Crippen LogP contribution in [0.5, 0.6) is 0 Å². The Kier molecular flexibility index (Phi) is 3.79. The summed E-state index contributed by atoms with van der Waals surface area (Å²) in [5.74, 6) is -0.251. The number of pyridine rings is 1. The Morgan fingerprint density at radius 2 is 2.14 bits per heavy atom. The predicted octanol–water partition coefficient (Wildman–Crippen LogP) is 2.22. The lowest BCUT2D eigenvalue weighted by Crippen LogP contribution is -2.37. The molecule has 110 valence electrons. The van der Waals surface area contributed by atoms with Gasteiger partial charge in [0.25, 0.3) is 0 Å². The van der Waals surface area contributed by atoms with E-state index in [1.807, 2.05) is 12.1 Å². The van der Waals surface area contributed by atoms with Crippen LogP contribution in [0, 0.1) is 5.92 Å². The minimum absolute atomic E-state index is 0.250. The molecule has 7 heteroatoms. The third-order valence-electron chi connectivity index (χ3n) is 3.72. The van der Waals surface area contributed by atoms with E-state index in [2.05, 4.69) is 15.0 Å². The van der Waals surface area contributed by atoms with Gasteiger partial charge in [0, 0.05) is 19.3 Å². The summed E-state index contributed by atoms with van der Waals surface area (Å²) >= 11 is 5.91. The van der Waals surface area contributed by atoms with Crippen molar-refractivity contribution in [1.82, 2.24) is 14.8 Å². The van der Waals surface area contributed by atoms with Crippen molar-refractivity contribution >= 4 is 23.3 Å². The van der Waals surface area contributed by atoms with E-state index in [9.17, 15) is 4.79 Å². The van der Waals surface area contributed by atoms with Crippen LogP contribution in [-0.2, 0) is 4.79 Å². The second kappa shape index (κ2) is 5.73. The van der Waals surface area contributed by atoms with Gasteiger partial charge < -0.3 is 10.0 Å². The van der Waals surface area contributed by atoms with Gasteiger partial charge in [0.1, 0.15) is 0 Å². The van der Waals surface area contributed by atoms with Gasteiger partial charge in [-0.3, -0.25) is 4.79 Å². The number of carbonyl (C=O) groups is 1. The van der Waals surface area contributed by atoms with E-state index in [1.165, 1.54) is 0 Å². The number of hydrogen-bond donors (Lipinski definition) is 1. The normalized spacial score (nSPS) is 16.1. The molecule has 1 fully saturated rings. The van der Waals surface area contributed by atoms with Crippen LogP contribution in [0.4, 0.5) is 5.69 Å². The van der Waals surface area contributed by atoms with Crippen LogP contribution >= 0.6 is 11.6 Å². The molecule has 2 aromatic rings. The Labute approximate surface area is 127 Å². The molecule has 0 aliphatic carbocycles. The molecule has 2 aromatic heterocycles. The average Bonchev–Trinajstić information content (AvgIpc) is 2.94. The molecule has 1 aliphatic heterocycles. The highest BCUT2D eigenvalue weighted by atomic mass is 35.5. The largest absolute Gasteiger partial charge is 0.481 e. The van der Waals surface area contributed by atoms with Crippen LogP contribution in [0.2, 0.25) is 5.02 Å². The number of anilines is 1. The summed E-state index contributed by atoms with van der Waals surface area (Å²) in [6, 6.07) is 3.84. The SMILES string of the molecule is O=C(O)C1CCN(c2cccnc2-n2cc(Cl)cn2)CC1. The molecule has 0 unspecified atom stereocenters. The van der Waals surface area contributed by atoms with Crippen molar-refractivity contribution in [2.45, 2.75) is 12.8 Å². The third-order valence-corrected chi connectivity index (χ3v) is 3.91. The molecule has 1 aliphatic rings. The summed E-state index contributed by atoms with van der Waals surface area (Å²) in [6.07, 6.45) is 6.26. The lowest BCUT2D eigenvalue weighted by molar-refractivity contribution is -0.142. The molecule has 0 bridgehead atoms. The molecule has 3 rings (SSSR count). The third kappa shape index (κ3) is 2.85. The van der Waals surface area contributed by atoms with E-state index in [1.54, 1.807) is 23.3 Å². The average molecular weight is 307 g/mol. The fourth-order valence-electron chi connectivity index (χ4n) is 2.60. The van der Waals surface area contributed by atoms with Crippen molar-refractivity contribution in [1.29, 1.82) is 0 Å². The summed E-state index contributed by atoms with van der Waals surface area (Å²) in [7, 11) is 0. The predicted molar refractivity (Wildman–Crippen MR) is 78.9 cm³/mol. The lowest BCUT2D eigenvalue weighted by Gasteiger charge is -2.32. The fourth-order valence-corrected chi connectivity index (χ4v) is 2.73. The van der Waals surface area contributed by atoms with E-state index in [0.717, 1.165) is 5.69 Å². The lowest BCUT2D eigenvalue weighted by atomic mass is 9.97. The van der Waals surface area contributed by atoms with Gasteiger partial charge in [-0.1, -0.05) is 11.6 Å². The molecule has 1 N–H and O–H groups in total. The minimum atomic E-state index is -0.708. The number of halogens is 1. The monoisotopic (exact) mass is 306 g/mol. The first-order valence-electron chi connectivity index (χ1n) is 6.78. The Bertz CT molecular complexity index is 650. The Hall–Kier alpha value is -2.08. The molecule has 0 aromatic carbocycles. The maximum Gasteiger partial charge on any atom is 0.306 e. The smallest absolute Gasteiger partial charge is 0.306 e. The van der Waals surface area contributed by atoms with Crippen LogP contribution in [-0.4, -0.2) is 38.9 Å². The second-order valence-corrected chi connectivity index (χ2v) is 5.49. The first-order valence-corrected chi connectivity index (χ1v) is 7.16. The Morgan fingerprint density at radius 3 is 2.76 bits per heavy atom. The van der Waals surface area contributed by atoms with Crippen LogP contribution in [0.25, 0.3) is 5.82 Å². The van der Waals surface area contributed by atoms with Gasteiger partial charge in [0.2, 0.25) is 0 Å². The molecule has 0 spiro atoms. The highest BCUT2D eigenvalue weighted by molar-refractivity contribution is 6.30. The first-order chi connectivity index (χ1) is 10.1. The molecular weight excluding hydrogens is 292 g/mol. The van der Waals surface area contributed by atoms with Gasteiger partial charge in [0.05, 0.1) is 29.0 Å². The maximum absolute atomic E-state index is 11.0. The van der Waals surface area contributed by atoms with Gasteiger partial charge in [-0.25, -0.2) is 9.67 Å². The zero-order chi connectivity index (χ0) is 14.8. The second-order valence-electron chi connectivity index (χ2n) is 5.05. The molecule has 0 saturated carbocycles. The van der Waals surface area contributed by atoms with Crippen LogP contribution < -0.4 is 4.90 Å². The molecule has 0 radical (unpaired) electrons. The number of piperidine rings is 1. The van der Waals surface area contributed by atoms with Crippen molar-refractivity contribution in [3.05, 3.63) is 35.7 Å². The van der Waals surface area contributed by atoms with E-state index in [0.29, 0.717) is 36.8 Å². The van der Waals surface area contributed by atoms with E-state index in [-0.39, 0.29) is 5.92 Å². The summed E-state index contributed by atoms with van der Waals surface area (Å²) in [5.41, 5.74) is 0.945. The van der Waals surface area contributed by atoms with Gasteiger partial charge in [-0.15, -0.1) is 0 Å². The van der Waals surface area contributed by atoms with Gasteiger partial charge >= 0.3 is 5.97 Å². The quantitative estimate of drug-likeness (QED) is 0.941. The maximum atomic E-state index is 11.0. The number of carboxylic acids is 1. The van der Waals surface area contributed by atoms with Crippen molar-refractivity contribution in [3.63, 3.8) is 0 Å². The van der Waals surface area contributed by atoms with Crippen molar-refractivity contribution in [2.75, 3.05) is 18.0 Å².